The lowest BCUT2D eigenvalue weighted by molar-refractivity contribution is -0.144. The van der Waals surface area contributed by atoms with Gasteiger partial charge in [-0.3, -0.25) is 4.79 Å². The molecule has 0 aliphatic heterocycles. The van der Waals surface area contributed by atoms with Gasteiger partial charge >= 0.3 is 11.9 Å². The van der Waals surface area contributed by atoms with Crippen LogP contribution in [0.1, 0.15) is 19.4 Å². The fraction of sp³-hybridized carbons (Fsp3) is 0.240. The molecule has 6 nitrogen and oxygen atoms in total. The van der Waals surface area contributed by atoms with Gasteiger partial charge in [0.15, 0.2) is 11.6 Å². The highest BCUT2D eigenvalue weighted by atomic mass is 19.1. The summed E-state index contributed by atoms with van der Waals surface area (Å²) in [5.74, 6) is -2.08. The fourth-order valence-corrected chi connectivity index (χ4v) is 2.79. The van der Waals surface area contributed by atoms with Gasteiger partial charge in [0.25, 0.3) is 6.47 Å². The number of hydrogen-bond acceptors (Lipinski definition) is 6. The molecule has 0 unspecified atom stereocenters. The first-order chi connectivity index (χ1) is 15.2. The van der Waals surface area contributed by atoms with E-state index in [1.807, 2.05) is 24.3 Å². The van der Waals surface area contributed by atoms with Crippen LogP contribution in [0.15, 0.2) is 66.8 Å². The number of hydrogen-bond donors (Lipinski definition) is 0. The van der Waals surface area contributed by atoms with Crippen molar-refractivity contribution in [2.75, 3.05) is 13.2 Å². The Labute approximate surface area is 186 Å². The van der Waals surface area contributed by atoms with Crippen LogP contribution in [0.2, 0.25) is 0 Å². The molecule has 0 atom stereocenters. The first-order valence-electron chi connectivity index (χ1n) is 9.85. The summed E-state index contributed by atoms with van der Waals surface area (Å²) in [5.41, 5.74) is 2.87. The molecule has 0 saturated carbocycles. The molecule has 0 spiro atoms. The number of rotatable bonds is 11. The van der Waals surface area contributed by atoms with Gasteiger partial charge in [-0.05, 0) is 49.1 Å². The van der Waals surface area contributed by atoms with Gasteiger partial charge in [-0.2, -0.15) is 0 Å². The van der Waals surface area contributed by atoms with Crippen molar-refractivity contribution >= 4 is 18.4 Å². The molecule has 0 aliphatic carbocycles. The zero-order valence-corrected chi connectivity index (χ0v) is 18.1. The molecule has 2 rings (SSSR count). The standard InChI is InChI=1S/C25H25FO6/c1-16(2)24(28)30-13-19(14-31-25(29)17(3)4)11-18-5-7-20(8-6-18)21-9-10-23(32-15-27)22(26)12-21/h5-10,12,15,19H,1,3,11,13-14H2,2,4H3. The maximum Gasteiger partial charge on any atom is 0.333 e. The number of carbonyl (C=O) groups is 3. The van der Waals surface area contributed by atoms with Crippen molar-refractivity contribution in [1.82, 2.24) is 0 Å². The minimum Gasteiger partial charge on any atom is -0.462 e. The van der Waals surface area contributed by atoms with Crippen LogP contribution in [0.5, 0.6) is 5.75 Å². The minimum absolute atomic E-state index is 0.0559. The SMILES string of the molecule is C=C(C)C(=O)OCC(COC(=O)C(=C)C)Cc1ccc(-c2ccc(OC=O)c(F)c2)cc1. The number of carbonyl (C=O) groups excluding carboxylic acids is 3. The summed E-state index contributed by atoms with van der Waals surface area (Å²) in [6.45, 7) is 10.5. The van der Waals surface area contributed by atoms with Crippen LogP contribution >= 0.6 is 0 Å². The molecule has 0 heterocycles. The van der Waals surface area contributed by atoms with E-state index in [9.17, 15) is 18.8 Å². The molecular weight excluding hydrogens is 415 g/mol. The van der Waals surface area contributed by atoms with E-state index in [-0.39, 0.29) is 42.5 Å². The molecule has 168 valence electrons. The number of benzene rings is 2. The Morgan fingerprint density at radius 3 is 1.94 bits per heavy atom. The topological polar surface area (TPSA) is 78.9 Å². The summed E-state index contributed by atoms with van der Waals surface area (Å²) in [7, 11) is 0. The van der Waals surface area contributed by atoms with Crippen LogP contribution in [0.25, 0.3) is 11.1 Å². The van der Waals surface area contributed by atoms with Gasteiger partial charge in [0.1, 0.15) is 0 Å². The highest BCUT2D eigenvalue weighted by Gasteiger charge is 2.17. The molecule has 0 radical (unpaired) electrons. The average Bonchev–Trinajstić information content (AvgIpc) is 2.76. The van der Waals surface area contributed by atoms with Crippen molar-refractivity contribution in [3.63, 3.8) is 0 Å². The Hall–Kier alpha value is -3.74. The first-order valence-corrected chi connectivity index (χ1v) is 9.85. The smallest absolute Gasteiger partial charge is 0.333 e. The summed E-state index contributed by atoms with van der Waals surface area (Å²) in [6.07, 6.45) is 0.480. The highest BCUT2D eigenvalue weighted by molar-refractivity contribution is 5.87. The molecule has 0 aromatic heterocycles. The van der Waals surface area contributed by atoms with Crippen LogP contribution in [0, 0.1) is 11.7 Å². The monoisotopic (exact) mass is 440 g/mol. The average molecular weight is 440 g/mol. The molecule has 2 aromatic rings. The summed E-state index contributed by atoms with van der Waals surface area (Å²) < 4.78 is 29.0. The van der Waals surface area contributed by atoms with Crippen molar-refractivity contribution in [3.8, 4) is 16.9 Å². The van der Waals surface area contributed by atoms with E-state index >= 15 is 0 Å². The third-order valence-electron chi connectivity index (χ3n) is 4.52. The Bertz CT molecular complexity index is 980. The van der Waals surface area contributed by atoms with Crippen LogP contribution in [-0.2, 0) is 30.3 Å². The van der Waals surface area contributed by atoms with Gasteiger partial charge < -0.3 is 14.2 Å². The number of esters is 2. The van der Waals surface area contributed by atoms with E-state index in [1.54, 1.807) is 19.9 Å². The van der Waals surface area contributed by atoms with Crippen molar-refractivity contribution < 1.29 is 33.0 Å². The Morgan fingerprint density at radius 2 is 1.47 bits per heavy atom. The van der Waals surface area contributed by atoms with Gasteiger partial charge in [-0.25, -0.2) is 14.0 Å². The highest BCUT2D eigenvalue weighted by Crippen LogP contribution is 2.26. The van der Waals surface area contributed by atoms with E-state index in [0.29, 0.717) is 12.0 Å². The summed E-state index contributed by atoms with van der Waals surface area (Å²) in [6, 6.07) is 11.7. The van der Waals surface area contributed by atoms with Gasteiger partial charge in [0, 0.05) is 17.1 Å². The van der Waals surface area contributed by atoms with E-state index in [1.165, 1.54) is 12.1 Å². The van der Waals surface area contributed by atoms with Crippen LogP contribution in [-0.4, -0.2) is 31.6 Å². The summed E-state index contributed by atoms with van der Waals surface area (Å²) in [5, 5.41) is 0. The van der Waals surface area contributed by atoms with E-state index in [4.69, 9.17) is 9.47 Å². The fourth-order valence-electron chi connectivity index (χ4n) is 2.79. The molecule has 32 heavy (non-hydrogen) atoms. The molecule has 0 aliphatic rings. The van der Waals surface area contributed by atoms with Crippen molar-refractivity contribution in [2.24, 2.45) is 5.92 Å². The van der Waals surface area contributed by atoms with E-state index in [0.717, 1.165) is 11.1 Å². The van der Waals surface area contributed by atoms with E-state index in [2.05, 4.69) is 17.9 Å². The molecule has 0 saturated heterocycles. The predicted molar refractivity (Wildman–Crippen MR) is 117 cm³/mol. The third-order valence-corrected chi connectivity index (χ3v) is 4.52. The van der Waals surface area contributed by atoms with Crippen LogP contribution < -0.4 is 4.74 Å². The molecule has 0 N–H and O–H groups in total. The number of ether oxygens (including phenoxy) is 3. The summed E-state index contributed by atoms with van der Waals surface area (Å²) in [4.78, 5) is 33.9. The second kappa shape index (κ2) is 11.6. The maximum absolute atomic E-state index is 14.0. The van der Waals surface area contributed by atoms with E-state index < -0.39 is 17.8 Å². The van der Waals surface area contributed by atoms with Gasteiger partial charge in [0.05, 0.1) is 13.2 Å². The molecular formula is C25H25FO6. The summed E-state index contributed by atoms with van der Waals surface area (Å²) >= 11 is 0. The quantitative estimate of drug-likeness (QED) is 0.292. The minimum atomic E-state index is -0.641. The first kappa shape index (κ1) is 24.5. The zero-order chi connectivity index (χ0) is 23.7. The lowest BCUT2D eigenvalue weighted by atomic mass is 9.97. The molecule has 0 fully saturated rings. The van der Waals surface area contributed by atoms with Crippen LogP contribution in [0.3, 0.4) is 0 Å². The lowest BCUT2D eigenvalue weighted by Crippen LogP contribution is -2.23. The largest absolute Gasteiger partial charge is 0.462 e. The molecule has 7 heteroatoms. The molecule has 0 bridgehead atoms. The van der Waals surface area contributed by atoms with Gasteiger partial charge in [-0.15, -0.1) is 0 Å². The second-order valence-electron chi connectivity index (χ2n) is 7.38. The van der Waals surface area contributed by atoms with Crippen molar-refractivity contribution in [1.29, 1.82) is 0 Å². The molecule has 0 amide bonds. The van der Waals surface area contributed by atoms with Gasteiger partial charge in [0.2, 0.25) is 0 Å². The van der Waals surface area contributed by atoms with Gasteiger partial charge in [-0.1, -0.05) is 43.5 Å². The normalized spacial score (nSPS) is 10.4. The Morgan fingerprint density at radius 1 is 0.938 bits per heavy atom. The molecule has 2 aromatic carbocycles. The predicted octanol–water partition coefficient (Wildman–Crippen LogP) is 4.43. The zero-order valence-electron chi connectivity index (χ0n) is 18.1. The second-order valence-corrected chi connectivity index (χ2v) is 7.38. The Balaban J connectivity index is 2.10. The van der Waals surface area contributed by atoms with Crippen molar-refractivity contribution in [2.45, 2.75) is 20.3 Å². The van der Waals surface area contributed by atoms with Crippen molar-refractivity contribution in [3.05, 3.63) is 78.1 Å². The third kappa shape index (κ3) is 7.19. The van der Waals surface area contributed by atoms with Crippen LogP contribution in [0.4, 0.5) is 4.39 Å². The maximum atomic E-state index is 14.0. The number of halogens is 1. The lowest BCUT2D eigenvalue weighted by Gasteiger charge is -2.18. The Kier molecular flexibility index (Phi) is 8.89.